The standard InChI is InChI=1S/C21H26N2O5/c1-13-7-9-15(10-8-13)22-19(25)14(2)28-18(24)11-12-23-20(26)16-5-3-4-6-17(16)21(23)27/h7-10,14,16-17H,3-6,11-12H2,1-2H3,(H,22,25)/t14-,16-,17+/m1/s1. The SMILES string of the molecule is Cc1ccc(NC(=O)[C@@H](C)OC(=O)CCN2C(=O)[C@H]3CCCC[C@H]3C2=O)cc1. The molecule has 1 aliphatic carbocycles. The van der Waals surface area contributed by atoms with Crippen molar-refractivity contribution in [1.82, 2.24) is 4.90 Å². The number of ether oxygens (including phenoxy) is 1. The zero-order valence-corrected chi connectivity index (χ0v) is 16.3. The van der Waals surface area contributed by atoms with Crippen molar-refractivity contribution in [3.05, 3.63) is 29.8 Å². The van der Waals surface area contributed by atoms with Crippen LogP contribution in [0.3, 0.4) is 0 Å². The summed E-state index contributed by atoms with van der Waals surface area (Å²) < 4.78 is 5.16. The lowest BCUT2D eigenvalue weighted by Crippen LogP contribution is -2.35. The Hall–Kier alpha value is -2.70. The molecule has 3 atom stereocenters. The molecule has 1 saturated heterocycles. The van der Waals surface area contributed by atoms with Gasteiger partial charge < -0.3 is 10.1 Å². The Balaban J connectivity index is 1.47. The zero-order valence-electron chi connectivity index (χ0n) is 16.3. The minimum Gasteiger partial charge on any atom is -0.452 e. The third-order valence-electron chi connectivity index (χ3n) is 5.47. The second-order valence-corrected chi connectivity index (χ2v) is 7.56. The first-order valence-corrected chi connectivity index (χ1v) is 9.79. The number of nitrogens with zero attached hydrogens (tertiary/aromatic N) is 1. The predicted molar refractivity (Wildman–Crippen MR) is 102 cm³/mol. The summed E-state index contributed by atoms with van der Waals surface area (Å²) in [4.78, 5) is 50.3. The monoisotopic (exact) mass is 386 g/mol. The summed E-state index contributed by atoms with van der Waals surface area (Å²) >= 11 is 0. The molecular formula is C21H26N2O5. The molecule has 7 nitrogen and oxygen atoms in total. The number of aryl methyl sites for hydroxylation is 1. The van der Waals surface area contributed by atoms with Crippen LogP contribution in [-0.2, 0) is 23.9 Å². The number of likely N-dealkylation sites (tertiary alicyclic amines) is 1. The predicted octanol–water partition coefficient (Wildman–Crippen LogP) is 2.43. The summed E-state index contributed by atoms with van der Waals surface area (Å²) in [6, 6.07) is 7.28. The van der Waals surface area contributed by atoms with E-state index in [1.54, 1.807) is 12.1 Å². The van der Waals surface area contributed by atoms with Crippen LogP contribution in [0.4, 0.5) is 5.69 Å². The van der Waals surface area contributed by atoms with Crippen molar-refractivity contribution >= 4 is 29.4 Å². The number of hydrogen-bond donors (Lipinski definition) is 1. The quantitative estimate of drug-likeness (QED) is 0.599. The van der Waals surface area contributed by atoms with Gasteiger partial charge in [-0.15, -0.1) is 0 Å². The molecule has 150 valence electrons. The van der Waals surface area contributed by atoms with Crippen molar-refractivity contribution in [3.8, 4) is 0 Å². The number of carbonyl (C=O) groups excluding carboxylic acids is 4. The molecule has 7 heteroatoms. The van der Waals surface area contributed by atoms with E-state index >= 15 is 0 Å². The van der Waals surface area contributed by atoms with E-state index in [2.05, 4.69) is 5.32 Å². The van der Waals surface area contributed by atoms with E-state index in [0.29, 0.717) is 5.69 Å². The van der Waals surface area contributed by atoms with Crippen LogP contribution in [0, 0.1) is 18.8 Å². The molecule has 2 aliphatic rings. The Morgan fingerprint density at radius 1 is 1.11 bits per heavy atom. The second-order valence-electron chi connectivity index (χ2n) is 7.56. The number of carbonyl (C=O) groups is 4. The van der Waals surface area contributed by atoms with Gasteiger partial charge in [0.1, 0.15) is 0 Å². The molecule has 1 aromatic carbocycles. The molecule has 28 heavy (non-hydrogen) atoms. The molecule has 1 heterocycles. The van der Waals surface area contributed by atoms with Gasteiger partial charge in [0.15, 0.2) is 6.10 Å². The van der Waals surface area contributed by atoms with Gasteiger partial charge in [-0.25, -0.2) is 0 Å². The molecular weight excluding hydrogens is 360 g/mol. The van der Waals surface area contributed by atoms with E-state index in [1.165, 1.54) is 11.8 Å². The lowest BCUT2D eigenvalue weighted by molar-refractivity contribution is -0.154. The van der Waals surface area contributed by atoms with Gasteiger partial charge in [0.2, 0.25) is 11.8 Å². The summed E-state index contributed by atoms with van der Waals surface area (Å²) in [5, 5.41) is 2.68. The highest BCUT2D eigenvalue weighted by Crippen LogP contribution is 2.37. The van der Waals surface area contributed by atoms with Crippen LogP contribution in [0.2, 0.25) is 0 Å². The molecule has 0 bridgehead atoms. The number of imide groups is 1. The molecule has 0 spiro atoms. The molecule has 3 rings (SSSR count). The van der Waals surface area contributed by atoms with Gasteiger partial charge in [-0.2, -0.15) is 0 Å². The van der Waals surface area contributed by atoms with Gasteiger partial charge >= 0.3 is 5.97 Å². The fourth-order valence-corrected chi connectivity index (χ4v) is 3.84. The third kappa shape index (κ3) is 4.40. The average Bonchev–Trinajstić information content (AvgIpc) is 2.92. The first kappa shape index (κ1) is 20.0. The van der Waals surface area contributed by atoms with E-state index in [-0.39, 0.29) is 36.6 Å². The lowest BCUT2D eigenvalue weighted by atomic mass is 9.81. The zero-order chi connectivity index (χ0) is 20.3. The molecule has 1 aromatic rings. The number of amides is 3. The normalized spacial score (nSPS) is 22.6. The number of fused-ring (bicyclic) bond motifs is 1. The number of benzene rings is 1. The fraction of sp³-hybridized carbons (Fsp3) is 0.524. The van der Waals surface area contributed by atoms with Crippen molar-refractivity contribution in [3.63, 3.8) is 0 Å². The van der Waals surface area contributed by atoms with Crippen LogP contribution in [0.25, 0.3) is 0 Å². The Bertz CT molecular complexity index is 750. The van der Waals surface area contributed by atoms with Crippen LogP contribution in [0.15, 0.2) is 24.3 Å². The summed E-state index contributed by atoms with van der Waals surface area (Å²) in [6.45, 7) is 3.44. The van der Waals surface area contributed by atoms with E-state index in [1.807, 2.05) is 19.1 Å². The van der Waals surface area contributed by atoms with Gasteiger partial charge in [0, 0.05) is 12.2 Å². The number of anilines is 1. The first-order chi connectivity index (χ1) is 13.4. The van der Waals surface area contributed by atoms with E-state index in [4.69, 9.17) is 4.74 Å². The highest BCUT2D eigenvalue weighted by molar-refractivity contribution is 6.05. The van der Waals surface area contributed by atoms with Crippen molar-refractivity contribution in [2.45, 2.75) is 52.1 Å². The third-order valence-corrected chi connectivity index (χ3v) is 5.47. The largest absolute Gasteiger partial charge is 0.452 e. The second kappa shape index (κ2) is 8.54. The van der Waals surface area contributed by atoms with Gasteiger partial charge in [-0.05, 0) is 38.8 Å². The Morgan fingerprint density at radius 2 is 1.68 bits per heavy atom. The van der Waals surface area contributed by atoms with Crippen LogP contribution in [-0.4, -0.2) is 41.2 Å². The first-order valence-electron chi connectivity index (χ1n) is 9.79. The minimum atomic E-state index is -0.971. The number of hydrogen-bond acceptors (Lipinski definition) is 5. The summed E-state index contributed by atoms with van der Waals surface area (Å²) in [5.41, 5.74) is 1.69. The van der Waals surface area contributed by atoms with Crippen LogP contribution in [0.5, 0.6) is 0 Å². The van der Waals surface area contributed by atoms with E-state index < -0.39 is 18.0 Å². The smallest absolute Gasteiger partial charge is 0.308 e. The topological polar surface area (TPSA) is 92.8 Å². The van der Waals surface area contributed by atoms with Crippen LogP contribution >= 0.6 is 0 Å². The Morgan fingerprint density at radius 3 is 2.25 bits per heavy atom. The molecule has 1 N–H and O–H groups in total. The summed E-state index contributed by atoms with van der Waals surface area (Å²) in [5.74, 6) is -1.84. The lowest BCUT2D eigenvalue weighted by Gasteiger charge is -2.19. The summed E-state index contributed by atoms with van der Waals surface area (Å²) in [6.07, 6.45) is 2.33. The highest BCUT2D eigenvalue weighted by Gasteiger charge is 2.47. The molecule has 2 fully saturated rings. The van der Waals surface area contributed by atoms with Gasteiger partial charge in [-0.1, -0.05) is 30.5 Å². The van der Waals surface area contributed by atoms with Crippen molar-refractivity contribution in [2.24, 2.45) is 11.8 Å². The van der Waals surface area contributed by atoms with Crippen LogP contribution in [0.1, 0.15) is 44.6 Å². The van der Waals surface area contributed by atoms with Gasteiger partial charge in [0.05, 0.1) is 18.3 Å². The van der Waals surface area contributed by atoms with Gasteiger partial charge in [-0.3, -0.25) is 24.1 Å². The van der Waals surface area contributed by atoms with Crippen molar-refractivity contribution in [1.29, 1.82) is 0 Å². The molecule has 1 saturated carbocycles. The van der Waals surface area contributed by atoms with Gasteiger partial charge in [0.25, 0.3) is 5.91 Å². The van der Waals surface area contributed by atoms with Crippen molar-refractivity contribution in [2.75, 3.05) is 11.9 Å². The Labute approximate surface area is 164 Å². The molecule has 0 radical (unpaired) electrons. The number of nitrogens with one attached hydrogen (secondary N) is 1. The summed E-state index contributed by atoms with van der Waals surface area (Å²) in [7, 11) is 0. The van der Waals surface area contributed by atoms with E-state index in [9.17, 15) is 19.2 Å². The maximum Gasteiger partial charge on any atom is 0.308 e. The fourth-order valence-electron chi connectivity index (χ4n) is 3.84. The Kier molecular flexibility index (Phi) is 6.11. The van der Waals surface area contributed by atoms with Crippen LogP contribution < -0.4 is 5.32 Å². The maximum atomic E-state index is 12.4. The highest BCUT2D eigenvalue weighted by atomic mass is 16.5. The molecule has 0 unspecified atom stereocenters. The number of rotatable bonds is 6. The average molecular weight is 386 g/mol. The maximum absolute atomic E-state index is 12.4. The van der Waals surface area contributed by atoms with E-state index in [0.717, 1.165) is 31.2 Å². The minimum absolute atomic E-state index is 0.00972. The molecule has 1 aliphatic heterocycles. The molecule has 0 aromatic heterocycles. The van der Waals surface area contributed by atoms with Crippen molar-refractivity contribution < 1.29 is 23.9 Å². The number of esters is 1. The molecule has 3 amide bonds.